The van der Waals surface area contributed by atoms with E-state index in [4.69, 9.17) is 17.2 Å². The SMILES string of the molecule is CC(C)C[C@@H](N)CN=C(N)N. The molecule has 4 nitrogen and oxygen atoms in total. The summed E-state index contributed by atoms with van der Waals surface area (Å²) in [6.45, 7) is 4.77. The molecule has 1 atom stereocenters. The van der Waals surface area contributed by atoms with E-state index in [2.05, 4.69) is 18.8 Å². The molecule has 0 saturated heterocycles. The average Bonchev–Trinajstić information content (AvgIpc) is 1.82. The maximum absolute atomic E-state index is 5.70. The van der Waals surface area contributed by atoms with Crippen LogP contribution in [0.15, 0.2) is 4.99 Å². The van der Waals surface area contributed by atoms with Gasteiger partial charge >= 0.3 is 0 Å². The molecule has 0 bridgehead atoms. The minimum absolute atomic E-state index is 0.0806. The number of rotatable bonds is 4. The van der Waals surface area contributed by atoms with Crippen molar-refractivity contribution >= 4 is 5.96 Å². The van der Waals surface area contributed by atoms with E-state index < -0.39 is 0 Å². The molecule has 6 N–H and O–H groups in total. The van der Waals surface area contributed by atoms with Gasteiger partial charge in [0.25, 0.3) is 0 Å². The summed E-state index contributed by atoms with van der Waals surface area (Å²) in [6, 6.07) is 0.0806. The molecule has 0 saturated carbocycles. The Morgan fingerprint density at radius 2 is 1.91 bits per heavy atom. The molecular weight excluding hydrogens is 140 g/mol. The highest BCUT2D eigenvalue weighted by Crippen LogP contribution is 2.02. The Labute approximate surface area is 67.8 Å². The molecule has 0 aromatic heterocycles. The van der Waals surface area contributed by atoms with E-state index in [0.717, 1.165) is 6.42 Å². The Balaban J connectivity index is 3.53. The van der Waals surface area contributed by atoms with Crippen molar-refractivity contribution < 1.29 is 0 Å². The lowest BCUT2D eigenvalue weighted by Crippen LogP contribution is -2.29. The molecule has 4 heteroatoms. The molecule has 0 unspecified atom stereocenters. The van der Waals surface area contributed by atoms with Crippen LogP contribution in [0.3, 0.4) is 0 Å². The van der Waals surface area contributed by atoms with Crippen molar-refractivity contribution in [3.05, 3.63) is 0 Å². The normalized spacial score (nSPS) is 13.1. The average molecular weight is 158 g/mol. The first-order valence-electron chi connectivity index (χ1n) is 3.83. The van der Waals surface area contributed by atoms with Crippen LogP contribution in [-0.2, 0) is 0 Å². The fourth-order valence-corrected chi connectivity index (χ4v) is 0.903. The Morgan fingerprint density at radius 1 is 1.36 bits per heavy atom. The molecule has 0 amide bonds. The number of hydrogen-bond donors (Lipinski definition) is 3. The summed E-state index contributed by atoms with van der Waals surface area (Å²) in [5.74, 6) is 0.711. The van der Waals surface area contributed by atoms with Crippen molar-refractivity contribution in [2.45, 2.75) is 26.3 Å². The minimum atomic E-state index is 0.0806. The van der Waals surface area contributed by atoms with Crippen LogP contribution in [0.4, 0.5) is 0 Å². The van der Waals surface area contributed by atoms with E-state index in [9.17, 15) is 0 Å². The first-order valence-corrected chi connectivity index (χ1v) is 3.83. The van der Waals surface area contributed by atoms with Gasteiger partial charge in [-0.15, -0.1) is 0 Å². The number of aliphatic imine (C=N–C) groups is 1. The maximum Gasteiger partial charge on any atom is 0.185 e. The topological polar surface area (TPSA) is 90.4 Å². The molecule has 0 aromatic rings. The van der Waals surface area contributed by atoms with Crippen LogP contribution in [0.1, 0.15) is 20.3 Å². The molecule has 0 spiro atoms. The third-order valence-corrected chi connectivity index (χ3v) is 1.28. The van der Waals surface area contributed by atoms with Crippen molar-refractivity contribution in [3.63, 3.8) is 0 Å². The second kappa shape index (κ2) is 4.96. The third kappa shape index (κ3) is 7.12. The molecule has 66 valence electrons. The Hall–Kier alpha value is -0.770. The highest BCUT2D eigenvalue weighted by Gasteiger charge is 2.03. The fraction of sp³-hybridized carbons (Fsp3) is 0.857. The van der Waals surface area contributed by atoms with Crippen LogP contribution in [0.5, 0.6) is 0 Å². The van der Waals surface area contributed by atoms with E-state index in [1.165, 1.54) is 0 Å². The summed E-state index contributed by atoms with van der Waals surface area (Å²) >= 11 is 0. The molecule has 0 rings (SSSR count). The second-order valence-electron chi connectivity index (χ2n) is 3.16. The van der Waals surface area contributed by atoms with E-state index in [1.807, 2.05) is 0 Å². The van der Waals surface area contributed by atoms with E-state index in [-0.39, 0.29) is 12.0 Å². The van der Waals surface area contributed by atoms with Gasteiger partial charge in [-0.1, -0.05) is 13.8 Å². The summed E-state index contributed by atoms with van der Waals surface area (Å²) in [4.78, 5) is 3.82. The van der Waals surface area contributed by atoms with Crippen LogP contribution in [0.25, 0.3) is 0 Å². The van der Waals surface area contributed by atoms with Gasteiger partial charge in [0, 0.05) is 6.04 Å². The predicted octanol–water partition coefficient (Wildman–Crippen LogP) is -0.367. The Morgan fingerprint density at radius 3 is 2.27 bits per heavy atom. The van der Waals surface area contributed by atoms with Crippen molar-refractivity contribution in [2.75, 3.05) is 6.54 Å². The lowest BCUT2D eigenvalue weighted by Gasteiger charge is -2.10. The molecule has 0 aromatic carbocycles. The number of hydrogen-bond acceptors (Lipinski definition) is 2. The van der Waals surface area contributed by atoms with E-state index >= 15 is 0 Å². The molecule has 0 heterocycles. The molecule has 0 aliphatic rings. The Kier molecular flexibility index (Phi) is 4.61. The second-order valence-corrected chi connectivity index (χ2v) is 3.16. The standard InChI is InChI=1S/C7H18N4/c1-5(2)3-6(8)4-11-7(9)10/h5-6H,3-4,8H2,1-2H3,(H4,9,10,11)/t6-/m1/s1. The zero-order valence-electron chi connectivity index (χ0n) is 7.25. The van der Waals surface area contributed by atoms with Crippen molar-refractivity contribution in [2.24, 2.45) is 28.1 Å². The summed E-state index contributed by atoms with van der Waals surface area (Å²) in [5, 5.41) is 0. The summed E-state index contributed by atoms with van der Waals surface area (Å²) in [6.07, 6.45) is 0.955. The third-order valence-electron chi connectivity index (χ3n) is 1.28. The minimum Gasteiger partial charge on any atom is -0.370 e. The van der Waals surface area contributed by atoms with Crippen LogP contribution >= 0.6 is 0 Å². The lowest BCUT2D eigenvalue weighted by atomic mass is 10.1. The van der Waals surface area contributed by atoms with Gasteiger partial charge in [0.2, 0.25) is 0 Å². The van der Waals surface area contributed by atoms with E-state index in [1.54, 1.807) is 0 Å². The maximum atomic E-state index is 5.70. The van der Waals surface area contributed by atoms with Gasteiger partial charge in [-0.05, 0) is 12.3 Å². The lowest BCUT2D eigenvalue weighted by molar-refractivity contribution is 0.501. The van der Waals surface area contributed by atoms with Crippen LogP contribution < -0.4 is 17.2 Å². The van der Waals surface area contributed by atoms with Gasteiger partial charge in [-0.25, -0.2) is 0 Å². The molecule has 0 aliphatic carbocycles. The smallest absolute Gasteiger partial charge is 0.185 e. The van der Waals surface area contributed by atoms with E-state index in [0.29, 0.717) is 12.5 Å². The van der Waals surface area contributed by atoms with Crippen LogP contribution in [-0.4, -0.2) is 18.5 Å². The summed E-state index contributed by atoms with van der Waals surface area (Å²) in [7, 11) is 0. The number of nitrogens with zero attached hydrogens (tertiary/aromatic N) is 1. The molecular formula is C7H18N4. The number of nitrogens with two attached hydrogens (primary N) is 3. The van der Waals surface area contributed by atoms with Gasteiger partial charge < -0.3 is 17.2 Å². The molecule has 0 fully saturated rings. The fourth-order valence-electron chi connectivity index (χ4n) is 0.903. The molecule has 11 heavy (non-hydrogen) atoms. The number of guanidine groups is 1. The molecule has 0 radical (unpaired) electrons. The summed E-state index contributed by atoms with van der Waals surface area (Å²) < 4.78 is 0. The van der Waals surface area contributed by atoms with Gasteiger partial charge in [-0.2, -0.15) is 0 Å². The highest BCUT2D eigenvalue weighted by atomic mass is 15.0. The quantitative estimate of drug-likeness (QED) is 0.385. The van der Waals surface area contributed by atoms with Crippen LogP contribution in [0.2, 0.25) is 0 Å². The zero-order valence-corrected chi connectivity index (χ0v) is 7.25. The highest BCUT2D eigenvalue weighted by molar-refractivity contribution is 5.75. The van der Waals surface area contributed by atoms with Crippen molar-refractivity contribution in [1.82, 2.24) is 0 Å². The van der Waals surface area contributed by atoms with Gasteiger partial charge in [-0.3, -0.25) is 4.99 Å². The zero-order chi connectivity index (χ0) is 8.85. The largest absolute Gasteiger partial charge is 0.370 e. The van der Waals surface area contributed by atoms with Gasteiger partial charge in [0.15, 0.2) is 5.96 Å². The Bertz CT molecular complexity index is 126. The predicted molar refractivity (Wildman–Crippen MR) is 48.1 cm³/mol. The van der Waals surface area contributed by atoms with Crippen molar-refractivity contribution in [3.8, 4) is 0 Å². The first-order chi connectivity index (χ1) is 5.02. The van der Waals surface area contributed by atoms with Crippen molar-refractivity contribution in [1.29, 1.82) is 0 Å². The van der Waals surface area contributed by atoms with Crippen LogP contribution in [0, 0.1) is 5.92 Å². The monoisotopic (exact) mass is 158 g/mol. The van der Waals surface area contributed by atoms with Gasteiger partial charge in [0.1, 0.15) is 0 Å². The van der Waals surface area contributed by atoms with Gasteiger partial charge in [0.05, 0.1) is 6.54 Å². The summed E-state index contributed by atoms with van der Waals surface area (Å²) in [5.41, 5.74) is 16.0. The molecule has 0 aliphatic heterocycles. The first kappa shape index (κ1) is 10.2.